The Kier molecular flexibility index (Phi) is 9.53. The number of nitrogens with zero attached hydrogens (tertiary/aromatic N) is 4. The molecule has 248 valence electrons. The number of halogens is 3. The van der Waals surface area contributed by atoms with Crippen LogP contribution < -0.4 is 11.0 Å². The molecule has 18 heteroatoms. The molecule has 4 heterocycles. The SMILES string of the molecule is OCC1O[C@@H](S[C@@H]2O[C@H](CO)C(O)C(N3C=C(c4ccccc4)NN3)[C@H]2O)C(O)C(n2cc(-c3cc(F)c(F)c(F)c3)nn2)[C@H]1O. The molecule has 3 aliphatic rings. The molecule has 0 bridgehead atoms. The van der Waals surface area contributed by atoms with Crippen LogP contribution in [0.3, 0.4) is 0 Å². The Morgan fingerprint density at radius 2 is 1.39 bits per heavy atom. The second-order valence-electron chi connectivity index (χ2n) is 10.9. The molecule has 6 rings (SSSR count). The van der Waals surface area contributed by atoms with Crippen molar-refractivity contribution in [2.24, 2.45) is 0 Å². The van der Waals surface area contributed by atoms with Crippen molar-refractivity contribution in [2.75, 3.05) is 13.2 Å². The lowest BCUT2D eigenvalue weighted by Gasteiger charge is -2.47. The fourth-order valence-electron chi connectivity index (χ4n) is 5.65. The highest BCUT2D eigenvalue weighted by atomic mass is 32.2. The molecule has 0 aliphatic carbocycles. The summed E-state index contributed by atoms with van der Waals surface area (Å²) in [7, 11) is 0. The molecule has 3 aliphatic heterocycles. The number of ether oxygens (including phenoxy) is 2. The average molecular weight is 669 g/mol. The van der Waals surface area contributed by atoms with Gasteiger partial charge in [0.25, 0.3) is 0 Å². The average Bonchev–Trinajstić information content (AvgIpc) is 3.74. The quantitative estimate of drug-likeness (QED) is 0.139. The van der Waals surface area contributed by atoms with Gasteiger partial charge in [0.1, 0.15) is 65.3 Å². The lowest BCUT2D eigenvalue weighted by molar-refractivity contribution is -0.195. The van der Waals surface area contributed by atoms with Crippen molar-refractivity contribution in [1.29, 1.82) is 0 Å². The van der Waals surface area contributed by atoms with Gasteiger partial charge in [-0.05, 0) is 12.1 Å². The van der Waals surface area contributed by atoms with Crippen molar-refractivity contribution < 1.29 is 53.3 Å². The number of aliphatic hydroxyl groups excluding tert-OH is 6. The molecular weight excluding hydrogens is 637 g/mol. The fourth-order valence-corrected chi connectivity index (χ4v) is 6.97. The summed E-state index contributed by atoms with van der Waals surface area (Å²) in [6.45, 7) is -1.30. The minimum Gasteiger partial charge on any atom is -0.394 e. The number of hydrazine groups is 2. The van der Waals surface area contributed by atoms with E-state index in [1.807, 2.05) is 30.3 Å². The normalized spacial score (nSPS) is 33.2. The van der Waals surface area contributed by atoms with E-state index in [1.165, 1.54) is 11.2 Å². The summed E-state index contributed by atoms with van der Waals surface area (Å²) in [5.74, 6) is -4.56. The first-order valence-electron chi connectivity index (χ1n) is 14.2. The molecular formula is C28H31F3N6O8S. The number of aromatic nitrogens is 3. The highest BCUT2D eigenvalue weighted by Crippen LogP contribution is 2.41. The largest absolute Gasteiger partial charge is 0.394 e. The van der Waals surface area contributed by atoms with E-state index in [-0.39, 0.29) is 11.3 Å². The number of benzene rings is 2. The molecule has 3 aromatic rings. The topological polar surface area (TPSA) is 198 Å². The Bertz CT molecular complexity index is 1540. The van der Waals surface area contributed by atoms with Crippen LogP contribution in [0.2, 0.25) is 0 Å². The van der Waals surface area contributed by atoms with E-state index in [0.29, 0.717) is 17.8 Å². The number of rotatable bonds is 8. The molecule has 0 spiro atoms. The van der Waals surface area contributed by atoms with Gasteiger partial charge in [0.2, 0.25) is 0 Å². The Morgan fingerprint density at radius 3 is 2.00 bits per heavy atom. The third-order valence-corrected chi connectivity index (χ3v) is 9.37. The second kappa shape index (κ2) is 13.4. The molecule has 0 amide bonds. The van der Waals surface area contributed by atoms with Gasteiger partial charge in [0.05, 0.1) is 25.1 Å². The third kappa shape index (κ3) is 6.08. The van der Waals surface area contributed by atoms with E-state index >= 15 is 0 Å². The Morgan fingerprint density at radius 1 is 0.804 bits per heavy atom. The van der Waals surface area contributed by atoms with Gasteiger partial charge in [-0.1, -0.05) is 47.3 Å². The molecule has 8 N–H and O–H groups in total. The lowest BCUT2D eigenvalue weighted by Crippen LogP contribution is -2.65. The number of nitrogens with one attached hydrogen (secondary N) is 2. The van der Waals surface area contributed by atoms with E-state index in [1.54, 1.807) is 6.20 Å². The van der Waals surface area contributed by atoms with Gasteiger partial charge in [-0.15, -0.1) is 10.6 Å². The van der Waals surface area contributed by atoms with E-state index < -0.39 is 90.2 Å². The van der Waals surface area contributed by atoms with Crippen molar-refractivity contribution in [2.45, 2.75) is 59.6 Å². The molecule has 14 nitrogen and oxygen atoms in total. The van der Waals surface area contributed by atoms with Gasteiger partial charge in [-0.2, -0.15) is 0 Å². The molecule has 5 unspecified atom stereocenters. The van der Waals surface area contributed by atoms with Gasteiger partial charge in [-0.25, -0.2) is 17.9 Å². The lowest BCUT2D eigenvalue weighted by atomic mass is 9.96. The first-order chi connectivity index (χ1) is 22.1. The minimum absolute atomic E-state index is 0.100. The van der Waals surface area contributed by atoms with Crippen LogP contribution in [-0.4, -0.2) is 117 Å². The van der Waals surface area contributed by atoms with Crippen molar-refractivity contribution in [3.63, 3.8) is 0 Å². The van der Waals surface area contributed by atoms with Crippen molar-refractivity contribution in [3.8, 4) is 11.3 Å². The van der Waals surface area contributed by atoms with Crippen LogP contribution in [0.4, 0.5) is 13.2 Å². The van der Waals surface area contributed by atoms with Crippen LogP contribution in [0.1, 0.15) is 11.6 Å². The van der Waals surface area contributed by atoms with E-state index in [9.17, 15) is 43.8 Å². The summed E-state index contributed by atoms with van der Waals surface area (Å²) < 4.78 is 53.8. The highest BCUT2D eigenvalue weighted by Gasteiger charge is 2.52. The maximum absolute atomic E-state index is 13.8. The monoisotopic (exact) mass is 668 g/mol. The zero-order valence-corrected chi connectivity index (χ0v) is 24.5. The summed E-state index contributed by atoms with van der Waals surface area (Å²) in [5, 5.41) is 73.9. The summed E-state index contributed by atoms with van der Waals surface area (Å²) in [4.78, 5) is 0. The second-order valence-corrected chi connectivity index (χ2v) is 12.1. The van der Waals surface area contributed by atoms with Crippen LogP contribution in [0, 0.1) is 17.5 Å². The van der Waals surface area contributed by atoms with E-state index in [2.05, 4.69) is 21.3 Å². The summed E-state index contributed by atoms with van der Waals surface area (Å²) in [6, 6.07) is 8.29. The predicted octanol–water partition coefficient (Wildman–Crippen LogP) is -0.793. The van der Waals surface area contributed by atoms with Crippen LogP contribution in [0.5, 0.6) is 0 Å². The Hall–Kier alpha value is -3.30. The fraction of sp³-hybridized carbons (Fsp3) is 0.429. The summed E-state index contributed by atoms with van der Waals surface area (Å²) >= 11 is 0.780. The molecule has 46 heavy (non-hydrogen) atoms. The van der Waals surface area contributed by atoms with Gasteiger partial charge < -0.3 is 45.5 Å². The molecule has 2 aromatic carbocycles. The maximum atomic E-state index is 13.8. The van der Waals surface area contributed by atoms with Crippen LogP contribution in [0.15, 0.2) is 54.9 Å². The Labute approximate surface area is 263 Å². The Balaban J connectivity index is 1.24. The van der Waals surface area contributed by atoms with Gasteiger partial charge in [-0.3, -0.25) is 5.01 Å². The summed E-state index contributed by atoms with van der Waals surface area (Å²) in [5.41, 5.74) is 4.56. The number of hydrogen-bond acceptors (Lipinski definition) is 14. The summed E-state index contributed by atoms with van der Waals surface area (Å²) in [6.07, 6.45) is -5.58. The maximum Gasteiger partial charge on any atom is 0.194 e. The van der Waals surface area contributed by atoms with Crippen LogP contribution in [0.25, 0.3) is 17.0 Å². The van der Waals surface area contributed by atoms with Crippen molar-refractivity contribution in [1.82, 2.24) is 31.0 Å². The number of thioether (sulfide) groups is 1. The highest BCUT2D eigenvalue weighted by molar-refractivity contribution is 8.00. The van der Waals surface area contributed by atoms with Crippen LogP contribution >= 0.6 is 11.8 Å². The zero-order valence-electron chi connectivity index (χ0n) is 23.7. The smallest absolute Gasteiger partial charge is 0.194 e. The van der Waals surface area contributed by atoms with Crippen molar-refractivity contribution >= 4 is 17.5 Å². The van der Waals surface area contributed by atoms with Gasteiger partial charge in [0.15, 0.2) is 17.5 Å². The first kappa shape index (κ1) is 32.6. The van der Waals surface area contributed by atoms with E-state index in [4.69, 9.17) is 9.47 Å². The van der Waals surface area contributed by atoms with Gasteiger partial charge >= 0.3 is 0 Å². The van der Waals surface area contributed by atoms with Crippen molar-refractivity contribution in [3.05, 3.63) is 77.9 Å². The molecule has 0 radical (unpaired) electrons. The molecule has 2 fully saturated rings. The molecule has 10 atom stereocenters. The predicted molar refractivity (Wildman–Crippen MR) is 154 cm³/mol. The molecule has 0 saturated carbocycles. The third-order valence-electron chi connectivity index (χ3n) is 8.05. The van der Waals surface area contributed by atoms with Crippen LogP contribution in [-0.2, 0) is 9.47 Å². The number of hydrogen-bond donors (Lipinski definition) is 8. The molecule has 1 aromatic heterocycles. The first-order valence-corrected chi connectivity index (χ1v) is 15.1. The minimum atomic E-state index is -1.66. The molecule has 2 saturated heterocycles. The zero-order chi connectivity index (χ0) is 32.7. The van der Waals surface area contributed by atoms with E-state index in [0.717, 1.165) is 22.0 Å². The number of aliphatic hydroxyl groups is 6. The standard InChI is InChI=1S/C28H31F3N6O8S/c29-14-6-13(7-15(30)20(14)31)17-9-37(35-33-17)22-24(41)19(11-39)45-28(26(22)43)46-27-25(42)21(23(40)18(10-38)44-27)36-8-16(32-34-36)12-4-2-1-3-5-12/h1-9,18-19,21-28,32,34,38-43H,10-11H2/t18-,19?,21?,22?,23?,24+,25-,26?,27+,28+/m1/s1. The van der Waals surface area contributed by atoms with Gasteiger partial charge in [0, 0.05) is 17.3 Å².